The Morgan fingerprint density at radius 2 is 1.77 bits per heavy atom. The van der Waals surface area contributed by atoms with Crippen molar-refractivity contribution >= 4 is 28.3 Å². The smallest absolute Gasteiger partial charge is 0.432 e. The lowest BCUT2D eigenvalue weighted by atomic mass is 9.43. The van der Waals surface area contributed by atoms with Gasteiger partial charge in [-0.2, -0.15) is 30.4 Å². The molecule has 15 heteroatoms. The highest BCUT2D eigenvalue weighted by Gasteiger charge is 2.67. The average molecular weight is 647 g/mol. The number of aliphatic hydroxyl groups excluding tert-OH is 1. The van der Waals surface area contributed by atoms with E-state index in [1.807, 2.05) is 6.92 Å². The third-order valence-corrected chi connectivity index (χ3v) is 12.4. The van der Waals surface area contributed by atoms with Crippen molar-refractivity contribution in [3.63, 3.8) is 0 Å². The zero-order chi connectivity index (χ0) is 32.3. The molecule has 0 spiro atoms. The van der Waals surface area contributed by atoms with Crippen molar-refractivity contribution in [3.05, 3.63) is 0 Å². The molecule has 0 heterocycles. The number of aliphatic hydroxyl groups is 1. The quantitative estimate of drug-likeness (QED) is 0.158. The predicted octanol–water partition coefficient (Wildman–Crippen LogP) is 4.71. The van der Waals surface area contributed by atoms with Gasteiger partial charge in [-0.25, -0.2) is 0 Å². The fourth-order valence-corrected chi connectivity index (χ4v) is 9.70. The summed E-state index contributed by atoms with van der Waals surface area (Å²) in [5.41, 5.74) is -1.10. The second kappa shape index (κ2) is 11.5. The number of esters is 1. The molecular formula is C28H39F5O9S. The molecule has 0 bridgehead atoms. The first-order valence-electron chi connectivity index (χ1n) is 14.6. The second-order valence-electron chi connectivity index (χ2n) is 13.5. The summed E-state index contributed by atoms with van der Waals surface area (Å²) in [5, 5.41) is 5.59. The Bertz CT molecular complexity index is 1210. The molecule has 4 aliphatic rings. The summed E-state index contributed by atoms with van der Waals surface area (Å²) < 4.78 is 107. The number of Topliss-reactive ketones (excluding diaryl/α,β-unsaturated/α-hetero) is 1. The van der Waals surface area contributed by atoms with E-state index in [0.717, 1.165) is 6.42 Å². The Morgan fingerprint density at radius 3 is 2.35 bits per heavy atom. The molecule has 4 saturated carbocycles. The number of carbonyl (C=O) groups is 3. The first-order chi connectivity index (χ1) is 19.7. The van der Waals surface area contributed by atoms with Crippen LogP contribution in [0.2, 0.25) is 0 Å². The first kappa shape index (κ1) is 34.0. The van der Waals surface area contributed by atoms with Crippen LogP contribution in [0.4, 0.5) is 22.0 Å². The van der Waals surface area contributed by atoms with Crippen LogP contribution in [0.15, 0.2) is 0 Å². The van der Waals surface area contributed by atoms with Gasteiger partial charge in [-0.3, -0.25) is 18.9 Å². The number of carbonyl (C=O) groups excluding carboxylic acids is 3. The summed E-state index contributed by atoms with van der Waals surface area (Å²) in [6, 6.07) is 0. The zero-order valence-electron chi connectivity index (χ0n) is 24.2. The molecule has 4 rings (SSSR count). The van der Waals surface area contributed by atoms with Gasteiger partial charge in [0.15, 0.2) is 0 Å². The molecule has 9 nitrogen and oxygen atoms in total. The Labute approximate surface area is 247 Å². The van der Waals surface area contributed by atoms with E-state index in [1.165, 1.54) is 0 Å². The lowest BCUT2D eigenvalue weighted by molar-refractivity contribution is -0.259. The van der Waals surface area contributed by atoms with Crippen molar-refractivity contribution < 1.29 is 63.9 Å². The van der Waals surface area contributed by atoms with Crippen LogP contribution in [0.25, 0.3) is 0 Å². The Morgan fingerprint density at radius 1 is 1.12 bits per heavy atom. The van der Waals surface area contributed by atoms with E-state index in [9.17, 15) is 49.9 Å². The van der Waals surface area contributed by atoms with E-state index < -0.39 is 57.5 Å². The van der Waals surface area contributed by atoms with Crippen molar-refractivity contribution in [1.82, 2.24) is 0 Å². The molecule has 0 aliphatic heterocycles. The molecule has 2 N–H and O–H groups in total. The van der Waals surface area contributed by atoms with Gasteiger partial charge in [0.1, 0.15) is 11.9 Å². The number of hydrogen-bond acceptors (Lipinski definition) is 8. The summed E-state index contributed by atoms with van der Waals surface area (Å²) >= 11 is 0. The summed E-state index contributed by atoms with van der Waals surface area (Å²) in [4.78, 5) is 37.0. The number of ketones is 1. The normalized spacial score (nSPS) is 39.6. The molecule has 0 saturated heterocycles. The number of rotatable bonds is 9. The highest BCUT2D eigenvalue weighted by Crippen LogP contribution is 2.67. The van der Waals surface area contributed by atoms with E-state index in [2.05, 4.69) is 11.7 Å². The van der Waals surface area contributed by atoms with E-state index in [0.29, 0.717) is 38.6 Å². The molecule has 4 aliphatic carbocycles. The molecule has 0 radical (unpaired) electrons. The molecule has 2 unspecified atom stereocenters. The Balaban J connectivity index is 1.46. The van der Waals surface area contributed by atoms with Gasteiger partial charge in [0.25, 0.3) is 12.6 Å². The van der Waals surface area contributed by atoms with Crippen LogP contribution in [-0.2, 0) is 34.0 Å². The monoisotopic (exact) mass is 646 g/mol. The molecule has 246 valence electrons. The van der Waals surface area contributed by atoms with E-state index in [1.54, 1.807) is 6.92 Å². The van der Waals surface area contributed by atoms with E-state index in [4.69, 9.17) is 9.29 Å². The topological polar surface area (TPSA) is 144 Å². The van der Waals surface area contributed by atoms with Gasteiger partial charge in [-0.15, -0.1) is 0 Å². The molecule has 4 fully saturated rings. The van der Waals surface area contributed by atoms with Crippen LogP contribution in [0, 0.1) is 46.3 Å². The number of fused-ring (bicyclic) bond motifs is 5. The summed E-state index contributed by atoms with van der Waals surface area (Å²) in [6.07, 6.45) is -8.17. The lowest BCUT2D eigenvalue weighted by Crippen LogP contribution is -2.61. The van der Waals surface area contributed by atoms with Gasteiger partial charge in [-0.05, 0) is 85.9 Å². The van der Waals surface area contributed by atoms with Crippen molar-refractivity contribution in [3.8, 4) is 0 Å². The fraction of sp³-hybridized carbons (Fsp3) is 0.893. The van der Waals surface area contributed by atoms with Gasteiger partial charge >= 0.3 is 27.5 Å². The first-order valence-corrected chi connectivity index (χ1v) is 16.0. The van der Waals surface area contributed by atoms with Crippen molar-refractivity contribution in [1.29, 1.82) is 0 Å². The number of hydrogen-bond donors (Lipinski definition) is 2. The maximum atomic E-state index is 13.9. The van der Waals surface area contributed by atoms with Crippen molar-refractivity contribution in [2.75, 3.05) is 0 Å². The second-order valence-corrected chi connectivity index (χ2v) is 15.0. The minimum absolute atomic E-state index is 0.0148. The van der Waals surface area contributed by atoms with Crippen LogP contribution >= 0.6 is 0 Å². The van der Waals surface area contributed by atoms with Crippen molar-refractivity contribution in [2.24, 2.45) is 46.3 Å². The molecule has 0 amide bonds. The third-order valence-electron chi connectivity index (χ3n) is 11.5. The van der Waals surface area contributed by atoms with Gasteiger partial charge in [0.05, 0.1) is 6.10 Å². The molecule has 0 aromatic rings. The zero-order valence-corrected chi connectivity index (χ0v) is 25.0. The van der Waals surface area contributed by atoms with E-state index >= 15 is 0 Å². The summed E-state index contributed by atoms with van der Waals surface area (Å²) in [7, 11) is -6.54. The third kappa shape index (κ3) is 5.82. The highest BCUT2D eigenvalue weighted by molar-refractivity contribution is 7.86. The fourth-order valence-electron chi connectivity index (χ4n) is 9.24. The molecular weight excluding hydrogens is 607 g/mol. The molecule has 11 atom stereocenters. The van der Waals surface area contributed by atoms with Crippen molar-refractivity contribution in [2.45, 2.75) is 108 Å². The number of ether oxygens (including phenoxy) is 2. The average Bonchev–Trinajstić information content (AvgIpc) is 3.24. The van der Waals surface area contributed by atoms with Gasteiger partial charge in [0, 0.05) is 18.3 Å². The molecule has 0 aromatic heterocycles. The Hall–Kier alpha value is -1.87. The van der Waals surface area contributed by atoms with Crippen LogP contribution in [0.3, 0.4) is 0 Å². The summed E-state index contributed by atoms with van der Waals surface area (Å²) in [5.74, 6) is -2.75. The van der Waals surface area contributed by atoms with Crippen LogP contribution in [0.5, 0.6) is 0 Å². The number of alkyl halides is 5. The van der Waals surface area contributed by atoms with Gasteiger partial charge in [0.2, 0.25) is 0 Å². The van der Waals surface area contributed by atoms with Crippen LogP contribution < -0.4 is 0 Å². The van der Waals surface area contributed by atoms with Crippen LogP contribution in [0.1, 0.15) is 78.6 Å². The maximum absolute atomic E-state index is 13.9. The summed E-state index contributed by atoms with van der Waals surface area (Å²) in [6.45, 7) is 6.13. The highest BCUT2D eigenvalue weighted by atomic mass is 32.2. The Kier molecular flexibility index (Phi) is 9.09. The minimum Gasteiger partial charge on any atom is -0.465 e. The maximum Gasteiger partial charge on any atom is 0.432 e. The van der Waals surface area contributed by atoms with E-state index in [-0.39, 0.29) is 59.7 Å². The van der Waals surface area contributed by atoms with Crippen LogP contribution in [-0.4, -0.2) is 66.0 Å². The van der Waals surface area contributed by atoms with Gasteiger partial charge in [-0.1, -0.05) is 20.8 Å². The minimum atomic E-state index is -6.54. The SMILES string of the molecule is C[C@H](CCC(=O)OC(C(F)(F)F)C(F)(F)S(=O)(=O)O)[C@H]1CC[C@H]2[C@@H]3[C@H](O)CC4C[C@H](OC=O)CC[C@]4(C)[C@H]3CC(=O)[C@]12C. The van der Waals surface area contributed by atoms with Gasteiger partial charge < -0.3 is 14.6 Å². The molecule has 0 aromatic carbocycles. The predicted molar refractivity (Wildman–Crippen MR) is 139 cm³/mol. The largest absolute Gasteiger partial charge is 0.465 e. The number of halogens is 5. The molecule has 43 heavy (non-hydrogen) atoms. The lowest BCUT2D eigenvalue weighted by Gasteiger charge is -2.61. The standard InChI is InChI=1S/C28H39F5O9S/c1-14(4-7-22(37)42-24(27(29,30)31)28(32,33)43(38,39)40)17-5-6-18-23-19(12-21(36)26(17,18)3)25(2)9-8-16(41-13-34)10-15(25)11-20(23)35/h13-20,23-24,35H,4-12H2,1-3H3,(H,38,39,40)/t14-,15?,16-,17-,18+,19+,20-,23+,24?,25+,26-/m1/s1.